The molecule has 1 saturated heterocycles. The minimum atomic E-state index is -0.737. The number of aliphatic hydroxyl groups is 1. The van der Waals surface area contributed by atoms with Gasteiger partial charge in [-0.25, -0.2) is 8.78 Å². The Labute approximate surface area is 192 Å². The Balaban J connectivity index is 1.51. The van der Waals surface area contributed by atoms with Crippen LogP contribution in [0, 0.1) is 11.6 Å². The molecule has 1 aliphatic heterocycles. The van der Waals surface area contributed by atoms with Crippen molar-refractivity contribution in [3.8, 4) is 5.75 Å². The predicted octanol–water partition coefficient (Wildman–Crippen LogP) is 2.19. The number of hydrogen-bond donors (Lipinski definition) is 1. The molecule has 1 aliphatic rings. The Hall–Kier alpha value is -2.59. The van der Waals surface area contributed by atoms with E-state index >= 15 is 0 Å². The lowest BCUT2D eigenvalue weighted by atomic mass is 10.1. The van der Waals surface area contributed by atoms with Crippen LogP contribution < -0.4 is 4.74 Å². The molecular formula is C24H30F2N2O5. The SMILES string of the molecule is COCCN(C[C@H]1CN(C[C@H](O)COc2ccc(F)cc2)CCO1)C(=O)c1ccc(F)cc1. The quantitative estimate of drug-likeness (QED) is 0.550. The van der Waals surface area contributed by atoms with Crippen LogP contribution in [0.15, 0.2) is 48.5 Å². The zero-order valence-corrected chi connectivity index (χ0v) is 18.7. The highest BCUT2D eigenvalue weighted by Gasteiger charge is 2.26. The molecule has 1 amide bonds. The smallest absolute Gasteiger partial charge is 0.254 e. The molecule has 2 aromatic rings. The van der Waals surface area contributed by atoms with Crippen molar-refractivity contribution in [3.63, 3.8) is 0 Å². The first-order valence-corrected chi connectivity index (χ1v) is 10.9. The van der Waals surface area contributed by atoms with Crippen molar-refractivity contribution in [1.82, 2.24) is 9.80 Å². The van der Waals surface area contributed by atoms with Crippen LogP contribution in [-0.2, 0) is 9.47 Å². The Morgan fingerprint density at radius 3 is 2.52 bits per heavy atom. The topological polar surface area (TPSA) is 71.5 Å². The summed E-state index contributed by atoms with van der Waals surface area (Å²) in [5, 5.41) is 10.4. The van der Waals surface area contributed by atoms with Crippen molar-refractivity contribution in [1.29, 1.82) is 0 Å². The number of ether oxygens (including phenoxy) is 3. The van der Waals surface area contributed by atoms with Crippen molar-refractivity contribution < 1.29 is 32.9 Å². The molecule has 0 unspecified atom stereocenters. The third-order valence-electron chi connectivity index (χ3n) is 5.32. The zero-order valence-electron chi connectivity index (χ0n) is 18.7. The summed E-state index contributed by atoms with van der Waals surface area (Å²) in [6, 6.07) is 11.1. The number of benzene rings is 2. The Morgan fingerprint density at radius 2 is 1.85 bits per heavy atom. The average molecular weight is 465 g/mol. The maximum Gasteiger partial charge on any atom is 0.254 e. The number of halogens is 2. The van der Waals surface area contributed by atoms with E-state index in [-0.39, 0.29) is 24.4 Å². The summed E-state index contributed by atoms with van der Waals surface area (Å²) < 4.78 is 42.7. The molecule has 1 N–H and O–H groups in total. The largest absolute Gasteiger partial charge is 0.491 e. The van der Waals surface area contributed by atoms with Crippen LogP contribution >= 0.6 is 0 Å². The second-order valence-electron chi connectivity index (χ2n) is 7.92. The molecule has 0 aliphatic carbocycles. The highest BCUT2D eigenvalue weighted by Crippen LogP contribution is 2.14. The Kier molecular flexibility index (Phi) is 9.56. The fraction of sp³-hybridized carbons (Fsp3) is 0.458. The van der Waals surface area contributed by atoms with E-state index in [0.717, 1.165) is 0 Å². The molecule has 2 atom stereocenters. The number of hydrogen-bond acceptors (Lipinski definition) is 6. The number of amides is 1. The number of aliphatic hydroxyl groups excluding tert-OH is 1. The molecule has 2 aromatic carbocycles. The lowest BCUT2D eigenvalue weighted by Crippen LogP contribution is -2.51. The fourth-order valence-corrected chi connectivity index (χ4v) is 3.63. The molecule has 7 nitrogen and oxygen atoms in total. The van der Waals surface area contributed by atoms with Gasteiger partial charge in [0.1, 0.15) is 30.1 Å². The zero-order chi connectivity index (χ0) is 23.6. The van der Waals surface area contributed by atoms with Gasteiger partial charge in [-0.15, -0.1) is 0 Å². The molecule has 1 fully saturated rings. The highest BCUT2D eigenvalue weighted by atomic mass is 19.1. The van der Waals surface area contributed by atoms with Gasteiger partial charge in [0.25, 0.3) is 5.91 Å². The van der Waals surface area contributed by atoms with E-state index in [1.807, 2.05) is 0 Å². The standard InChI is InChI=1S/C24H30F2N2O5/c1-31-12-11-28(24(30)18-2-4-19(25)5-3-18)16-23-15-27(10-13-32-23)14-21(29)17-33-22-8-6-20(26)7-9-22/h2-9,21,23,29H,10-17H2,1H3/t21-,23+/m0/s1. The third kappa shape index (κ3) is 8.04. The molecule has 3 rings (SSSR count). The number of nitrogens with zero attached hydrogens (tertiary/aromatic N) is 2. The van der Waals surface area contributed by atoms with Crippen LogP contribution in [0.2, 0.25) is 0 Å². The Morgan fingerprint density at radius 1 is 1.18 bits per heavy atom. The summed E-state index contributed by atoms with van der Waals surface area (Å²) in [6.07, 6.45) is -0.982. The van der Waals surface area contributed by atoms with E-state index in [1.54, 1.807) is 12.0 Å². The first-order chi connectivity index (χ1) is 15.9. The minimum Gasteiger partial charge on any atom is -0.491 e. The van der Waals surface area contributed by atoms with Crippen LogP contribution in [0.4, 0.5) is 8.78 Å². The number of carbonyl (C=O) groups is 1. The molecule has 9 heteroatoms. The van der Waals surface area contributed by atoms with Crippen molar-refractivity contribution in [3.05, 3.63) is 65.7 Å². The second kappa shape index (κ2) is 12.6. The third-order valence-corrected chi connectivity index (χ3v) is 5.32. The number of morpholine rings is 1. The van der Waals surface area contributed by atoms with Gasteiger partial charge in [-0.1, -0.05) is 0 Å². The van der Waals surface area contributed by atoms with Gasteiger partial charge in [0.2, 0.25) is 0 Å². The monoisotopic (exact) mass is 464 g/mol. The van der Waals surface area contributed by atoms with Crippen LogP contribution in [0.1, 0.15) is 10.4 Å². The van der Waals surface area contributed by atoms with Crippen LogP contribution in [0.25, 0.3) is 0 Å². The van der Waals surface area contributed by atoms with Crippen molar-refractivity contribution in [2.75, 3.05) is 59.7 Å². The number of rotatable bonds is 11. The first-order valence-electron chi connectivity index (χ1n) is 10.9. The average Bonchev–Trinajstić information content (AvgIpc) is 2.81. The summed E-state index contributed by atoms with van der Waals surface area (Å²) >= 11 is 0. The van der Waals surface area contributed by atoms with Crippen LogP contribution in [-0.4, -0.2) is 92.7 Å². The highest BCUT2D eigenvalue weighted by molar-refractivity contribution is 5.94. The molecule has 0 radical (unpaired) electrons. The Bertz CT molecular complexity index is 866. The van der Waals surface area contributed by atoms with Crippen molar-refractivity contribution >= 4 is 5.91 Å². The number of β-amino-alcohol motifs (C(OH)–C–C–N with tert-alkyl or cyclic N) is 1. The molecule has 0 spiro atoms. The molecule has 0 bridgehead atoms. The van der Waals surface area contributed by atoms with Crippen molar-refractivity contribution in [2.45, 2.75) is 12.2 Å². The van der Waals surface area contributed by atoms with E-state index in [2.05, 4.69) is 4.90 Å². The summed E-state index contributed by atoms with van der Waals surface area (Å²) in [7, 11) is 1.56. The van der Waals surface area contributed by atoms with Gasteiger partial charge in [-0.2, -0.15) is 0 Å². The molecule has 0 saturated carbocycles. The van der Waals surface area contributed by atoms with Gasteiger partial charge in [-0.3, -0.25) is 9.69 Å². The molecular weight excluding hydrogens is 434 g/mol. The van der Waals surface area contributed by atoms with Gasteiger partial charge in [0.05, 0.1) is 19.3 Å². The van der Waals surface area contributed by atoms with Gasteiger partial charge in [0.15, 0.2) is 0 Å². The summed E-state index contributed by atoms with van der Waals surface area (Å²) in [4.78, 5) is 16.6. The maximum atomic E-state index is 13.2. The molecule has 33 heavy (non-hydrogen) atoms. The summed E-state index contributed by atoms with van der Waals surface area (Å²) in [6.45, 7) is 3.20. The van der Waals surface area contributed by atoms with Crippen molar-refractivity contribution in [2.24, 2.45) is 0 Å². The van der Waals surface area contributed by atoms with Crippen LogP contribution in [0.3, 0.4) is 0 Å². The van der Waals surface area contributed by atoms with Gasteiger partial charge in [0, 0.05) is 45.4 Å². The number of methoxy groups -OCH3 is 1. The predicted molar refractivity (Wildman–Crippen MR) is 118 cm³/mol. The fourth-order valence-electron chi connectivity index (χ4n) is 3.63. The maximum absolute atomic E-state index is 13.2. The first kappa shape index (κ1) is 25.0. The lowest BCUT2D eigenvalue weighted by Gasteiger charge is -2.36. The van der Waals surface area contributed by atoms with Gasteiger partial charge < -0.3 is 24.2 Å². The summed E-state index contributed by atoms with van der Waals surface area (Å²) in [5.41, 5.74) is 0.397. The lowest BCUT2D eigenvalue weighted by molar-refractivity contribution is -0.0546. The molecule has 180 valence electrons. The molecule has 0 aromatic heterocycles. The van der Waals surface area contributed by atoms with E-state index in [0.29, 0.717) is 57.3 Å². The van der Waals surface area contributed by atoms with Gasteiger partial charge >= 0.3 is 0 Å². The molecule has 1 heterocycles. The second-order valence-corrected chi connectivity index (χ2v) is 7.92. The van der Waals surface area contributed by atoms with E-state index in [4.69, 9.17) is 14.2 Å². The van der Waals surface area contributed by atoms with E-state index < -0.39 is 11.9 Å². The minimum absolute atomic E-state index is 0.0800. The normalized spacial score (nSPS) is 17.5. The summed E-state index contributed by atoms with van der Waals surface area (Å²) in [5.74, 6) is -0.480. The van der Waals surface area contributed by atoms with E-state index in [1.165, 1.54) is 48.5 Å². The van der Waals surface area contributed by atoms with Crippen LogP contribution in [0.5, 0.6) is 5.75 Å². The van der Waals surface area contributed by atoms with Gasteiger partial charge in [-0.05, 0) is 48.5 Å². The van der Waals surface area contributed by atoms with E-state index in [9.17, 15) is 18.7 Å². The number of carbonyl (C=O) groups excluding carboxylic acids is 1.